The summed E-state index contributed by atoms with van der Waals surface area (Å²) in [6.45, 7) is 4.04. The first-order valence-electron chi connectivity index (χ1n) is 8.11. The molecule has 0 bridgehead atoms. The lowest BCUT2D eigenvalue weighted by Crippen LogP contribution is -2.32. The van der Waals surface area contributed by atoms with Gasteiger partial charge in [-0.2, -0.15) is 0 Å². The number of aryl methyl sites for hydroxylation is 1. The van der Waals surface area contributed by atoms with Gasteiger partial charge in [-0.1, -0.05) is 0 Å². The van der Waals surface area contributed by atoms with Crippen molar-refractivity contribution in [1.29, 1.82) is 0 Å². The molecular formula is C17H20FN5O. The van der Waals surface area contributed by atoms with Gasteiger partial charge in [-0.15, -0.1) is 0 Å². The average Bonchev–Trinajstić information content (AvgIpc) is 2.60. The van der Waals surface area contributed by atoms with Gasteiger partial charge in [-0.25, -0.2) is 14.4 Å². The highest BCUT2D eigenvalue weighted by Gasteiger charge is 2.15. The number of anilines is 1. The van der Waals surface area contributed by atoms with Crippen molar-refractivity contribution in [2.75, 3.05) is 18.0 Å². The Morgan fingerprint density at radius 1 is 1.29 bits per heavy atom. The van der Waals surface area contributed by atoms with Gasteiger partial charge in [0.1, 0.15) is 0 Å². The Bertz CT molecular complexity index is 731. The molecule has 0 atom stereocenters. The summed E-state index contributed by atoms with van der Waals surface area (Å²) in [6, 6.07) is 3.19. The predicted molar refractivity (Wildman–Crippen MR) is 88.2 cm³/mol. The number of halogens is 1. The zero-order valence-corrected chi connectivity index (χ0v) is 13.6. The number of carbonyl (C=O) groups excluding carboxylic acids is 1. The van der Waals surface area contributed by atoms with Gasteiger partial charge in [0, 0.05) is 25.0 Å². The van der Waals surface area contributed by atoms with Crippen LogP contribution >= 0.6 is 0 Å². The Morgan fingerprint density at radius 2 is 2.08 bits per heavy atom. The maximum atomic E-state index is 13.6. The lowest BCUT2D eigenvalue weighted by Gasteiger charge is -2.27. The van der Waals surface area contributed by atoms with Crippen molar-refractivity contribution in [1.82, 2.24) is 20.3 Å². The van der Waals surface area contributed by atoms with Crippen LogP contribution in [0.25, 0.3) is 0 Å². The number of piperidine rings is 1. The smallest absolute Gasteiger partial charge is 0.254 e. The molecule has 1 saturated heterocycles. The first-order chi connectivity index (χ1) is 11.6. The van der Waals surface area contributed by atoms with E-state index in [2.05, 4.69) is 25.2 Å². The maximum Gasteiger partial charge on any atom is 0.254 e. The molecule has 3 rings (SSSR count). The van der Waals surface area contributed by atoms with Gasteiger partial charge in [-0.05, 0) is 38.3 Å². The highest BCUT2D eigenvalue weighted by Crippen LogP contribution is 2.16. The second-order valence-corrected chi connectivity index (χ2v) is 5.89. The van der Waals surface area contributed by atoms with Crippen LogP contribution in [0.4, 0.5) is 10.3 Å². The minimum atomic E-state index is -0.636. The number of pyridine rings is 1. The zero-order chi connectivity index (χ0) is 16.9. The number of aromatic nitrogens is 3. The number of carbonyl (C=O) groups is 1. The van der Waals surface area contributed by atoms with E-state index >= 15 is 0 Å². The molecule has 1 N–H and O–H groups in total. The zero-order valence-electron chi connectivity index (χ0n) is 13.6. The summed E-state index contributed by atoms with van der Waals surface area (Å²) < 4.78 is 13.6. The fourth-order valence-corrected chi connectivity index (χ4v) is 2.77. The Hall–Kier alpha value is -2.57. The van der Waals surface area contributed by atoms with Crippen molar-refractivity contribution in [3.05, 3.63) is 47.3 Å². The summed E-state index contributed by atoms with van der Waals surface area (Å²) in [5.74, 6) is -0.414. The number of hydrogen-bond acceptors (Lipinski definition) is 5. The molecule has 126 valence electrons. The Kier molecular flexibility index (Phi) is 4.98. The molecule has 1 fully saturated rings. The Balaban J connectivity index is 1.70. The number of hydrogen-bond donors (Lipinski definition) is 1. The van der Waals surface area contributed by atoms with E-state index in [1.807, 2.05) is 13.0 Å². The van der Waals surface area contributed by atoms with E-state index in [-0.39, 0.29) is 12.1 Å². The van der Waals surface area contributed by atoms with Crippen LogP contribution in [-0.4, -0.2) is 33.9 Å². The number of nitrogens with one attached hydrogen (secondary N) is 1. The van der Waals surface area contributed by atoms with Gasteiger partial charge in [0.2, 0.25) is 5.95 Å². The predicted octanol–water partition coefficient (Wildman–Crippen LogP) is 2.24. The molecule has 1 aliphatic heterocycles. The third kappa shape index (κ3) is 3.84. The summed E-state index contributed by atoms with van der Waals surface area (Å²) in [7, 11) is 0. The van der Waals surface area contributed by atoms with E-state index < -0.39 is 11.7 Å². The fraction of sp³-hybridized carbons (Fsp3) is 0.412. The largest absolute Gasteiger partial charge is 0.346 e. The molecule has 0 aromatic carbocycles. The quantitative estimate of drug-likeness (QED) is 0.931. The van der Waals surface area contributed by atoms with Crippen LogP contribution in [0, 0.1) is 12.7 Å². The topological polar surface area (TPSA) is 71.0 Å². The standard InChI is InChI=1S/C17H20FN5O/c1-12-9-13(22-17(21-12)23-7-3-2-4-8-23)10-20-16(24)14-5-6-19-11-15(14)18/h5-6,9,11H,2-4,7-8,10H2,1H3,(H,20,24). The molecule has 1 amide bonds. The van der Waals surface area contributed by atoms with Crippen LogP contribution in [0.1, 0.15) is 41.0 Å². The molecule has 1 aliphatic rings. The second-order valence-electron chi connectivity index (χ2n) is 5.89. The van der Waals surface area contributed by atoms with Gasteiger partial charge in [0.05, 0.1) is 24.0 Å². The monoisotopic (exact) mass is 329 g/mol. The molecule has 0 radical (unpaired) electrons. The van der Waals surface area contributed by atoms with E-state index in [0.29, 0.717) is 11.6 Å². The molecule has 2 aromatic rings. The second kappa shape index (κ2) is 7.33. The molecule has 0 saturated carbocycles. The van der Waals surface area contributed by atoms with Crippen molar-refractivity contribution in [2.24, 2.45) is 0 Å². The van der Waals surface area contributed by atoms with Gasteiger partial charge in [0.15, 0.2) is 5.82 Å². The summed E-state index contributed by atoms with van der Waals surface area (Å²) in [5, 5.41) is 2.70. The molecule has 3 heterocycles. The van der Waals surface area contributed by atoms with E-state index in [4.69, 9.17) is 0 Å². The summed E-state index contributed by atoms with van der Waals surface area (Å²) in [4.78, 5) is 26.9. The number of amides is 1. The minimum absolute atomic E-state index is 0.0213. The molecule has 7 heteroatoms. The molecule has 2 aromatic heterocycles. The van der Waals surface area contributed by atoms with E-state index in [1.165, 1.54) is 18.7 Å². The van der Waals surface area contributed by atoms with Crippen molar-refractivity contribution in [3.63, 3.8) is 0 Å². The highest BCUT2D eigenvalue weighted by molar-refractivity contribution is 5.94. The van der Waals surface area contributed by atoms with Crippen LogP contribution in [0.3, 0.4) is 0 Å². The van der Waals surface area contributed by atoms with E-state index in [9.17, 15) is 9.18 Å². The maximum absolute atomic E-state index is 13.6. The van der Waals surface area contributed by atoms with Gasteiger partial charge in [0.25, 0.3) is 5.91 Å². The normalized spacial score (nSPS) is 14.5. The van der Waals surface area contributed by atoms with E-state index in [1.54, 1.807) is 0 Å². The van der Waals surface area contributed by atoms with Crippen LogP contribution in [0.15, 0.2) is 24.5 Å². The van der Waals surface area contributed by atoms with Crippen LogP contribution in [0.5, 0.6) is 0 Å². The Labute approximate surface area is 140 Å². The van der Waals surface area contributed by atoms with E-state index in [0.717, 1.165) is 37.8 Å². The van der Waals surface area contributed by atoms with Crippen molar-refractivity contribution < 1.29 is 9.18 Å². The third-order valence-electron chi connectivity index (χ3n) is 3.98. The fourth-order valence-electron chi connectivity index (χ4n) is 2.77. The van der Waals surface area contributed by atoms with Gasteiger partial charge in [-0.3, -0.25) is 9.78 Å². The lowest BCUT2D eigenvalue weighted by molar-refractivity contribution is 0.0946. The third-order valence-corrected chi connectivity index (χ3v) is 3.98. The summed E-state index contributed by atoms with van der Waals surface area (Å²) in [5.41, 5.74) is 1.54. The molecule has 0 unspecified atom stereocenters. The minimum Gasteiger partial charge on any atom is -0.346 e. The lowest BCUT2D eigenvalue weighted by atomic mass is 10.1. The Morgan fingerprint density at radius 3 is 2.83 bits per heavy atom. The summed E-state index contributed by atoms with van der Waals surface area (Å²) in [6.07, 6.45) is 5.94. The molecule has 0 spiro atoms. The molecule has 6 nitrogen and oxygen atoms in total. The van der Waals surface area contributed by atoms with Crippen molar-refractivity contribution >= 4 is 11.9 Å². The van der Waals surface area contributed by atoms with Crippen molar-refractivity contribution in [2.45, 2.75) is 32.7 Å². The first kappa shape index (κ1) is 16.3. The SMILES string of the molecule is Cc1cc(CNC(=O)c2ccncc2F)nc(N2CCCCC2)n1. The number of rotatable bonds is 4. The van der Waals surface area contributed by atoms with Gasteiger partial charge >= 0.3 is 0 Å². The molecule has 24 heavy (non-hydrogen) atoms. The van der Waals surface area contributed by atoms with Crippen LogP contribution in [-0.2, 0) is 6.54 Å². The average molecular weight is 329 g/mol. The van der Waals surface area contributed by atoms with Crippen molar-refractivity contribution in [3.8, 4) is 0 Å². The van der Waals surface area contributed by atoms with Crippen LogP contribution in [0.2, 0.25) is 0 Å². The summed E-state index contributed by atoms with van der Waals surface area (Å²) >= 11 is 0. The first-order valence-corrected chi connectivity index (χ1v) is 8.11. The van der Waals surface area contributed by atoms with Crippen LogP contribution < -0.4 is 10.2 Å². The molecule has 0 aliphatic carbocycles. The highest BCUT2D eigenvalue weighted by atomic mass is 19.1. The number of nitrogens with zero attached hydrogens (tertiary/aromatic N) is 4. The molecular weight excluding hydrogens is 309 g/mol. The van der Waals surface area contributed by atoms with Gasteiger partial charge < -0.3 is 10.2 Å².